The van der Waals surface area contributed by atoms with E-state index >= 15 is 0 Å². The fourth-order valence-corrected chi connectivity index (χ4v) is 7.28. The highest BCUT2D eigenvalue weighted by molar-refractivity contribution is 5.71. The predicted octanol–water partition coefficient (Wildman–Crippen LogP) is 17.1. The molecule has 354 valence electrons. The zero-order valence-electron chi connectivity index (χ0n) is 40.4. The molecule has 0 radical (unpaired) electrons. The van der Waals surface area contributed by atoms with Crippen molar-refractivity contribution in [3.05, 3.63) is 48.6 Å². The molecular formula is C55H98O6. The lowest BCUT2D eigenvalue weighted by molar-refractivity contribution is -0.167. The Hall–Kier alpha value is -2.63. The van der Waals surface area contributed by atoms with Gasteiger partial charge in [0, 0.05) is 19.3 Å². The zero-order chi connectivity index (χ0) is 44.4. The van der Waals surface area contributed by atoms with Gasteiger partial charge in [-0.3, -0.25) is 14.4 Å². The Balaban J connectivity index is 4.38. The van der Waals surface area contributed by atoms with Crippen LogP contribution in [0.4, 0.5) is 0 Å². The predicted molar refractivity (Wildman–Crippen MR) is 261 cm³/mol. The summed E-state index contributed by atoms with van der Waals surface area (Å²) < 4.78 is 16.8. The highest BCUT2D eigenvalue weighted by Gasteiger charge is 2.19. The number of carbonyl (C=O) groups excluding carboxylic acids is 3. The molecule has 0 aliphatic carbocycles. The summed E-state index contributed by atoms with van der Waals surface area (Å²) in [6.45, 7) is 6.57. The first-order valence-corrected chi connectivity index (χ1v) is 26.1. The van der Waals surface area contributed by atoms with Gasteiger partial charge in [-0.2, -0.15) is 0 Å². The van der Waals surface area contributed by atoms with Crippen LogP contribution in [0.3, 0.4) is 0 Å². The second-order valence-corrected chi connectivity index (χ2v) is 17.4. The zero-order valence-corrected chi connectivity index (χ0v) is 40.4. The average Bonchev–Trinajstić information content (AvgIpc) is 3.26. The first-order valence-electron chi connectivity index (χ1n) is 26.1. The van der Waals surface area contributed by atoms with E-state index in [1.165, 1.54) is 135 Å². The van der Waals surface area contributed by atoms with Crippen LogP contribution in [-0.2, 0) is 28.6 Å². The Morgan fingerprint density at radius 1 is 0.328 bits per heavy atom. The van der Waals surface area contributed by atoms with E-state index in [0.717, 1.165) is 89.9 Å². The number of ether oxygens (including phenoxy) is 3. The number of hydrogen-bond donors (Lipinski definition) is 0. The van der Waals surface area contributed by atoms with Crippen LogP contribution >= 0.6 is 0 Å². The average molecular weight is 855 g/mol. The van der Waals surface area contributed by atoms with Gasteiger partial charge in [0.1, 0.15) is 13.2 Å². The topological polar surface area (TPSA) is 78.9 Å². The van der Waals surface area contributed by atoms with E-state index < -0.39 is 6.10 Å². The summed E-state index contributed by atoms with van der Waals surface area (Å²) in [5.74, 6) is -0.901. The van der Waals surface area contributed by atoms with Crippen molar-refractivity contribution in [1.29, 1.82) is 0 Å². The first kappa shape index (κ1) is 58.4. The molecule has 0 rings (SSSR count). The lowest BCUT2D eigenvalue weighted by Gasteiger charge is -2.18. The summed E-state index contributed by atoms with van der Waals surface area (Å²) in [5.41, 5.74) is 0. The summed E-state index contributed by atoms with van der Waals surface area (Å²) in [5, 5.41) is 0. The Morgan fingerprint density at radius 3 is 0.951 bits per heavy atom. The fourth-order valence-electron chi connectivity index (χ4n) is 7.28. The van der Waals surface area contributed by atoms with Crippen LogP contribution in [0, 0.1) is 0 Å². The number of rotatable bonds is 47. The third-order valence-corrected chi connectivity index (χ3v) is 11.3. The van der Waals surface area contributed by atoms with E-state index in [-0.39, 0.29) is 31.1 Å². The van der Waals surface area contributed by atoms with Gasteiger partial charge in [0.05, 0.1) is 0 Å². The highest BCUT2D eigenvalue weighted by Crippen LogP contribution is 2.14. The molecule has 0 heterocycles. The van der Waals surface area contributed by atoms with E-state index in [1.807, 2.05) is 0 Å². The van der Waals surface area contributed by atoms with Crippen LogP contribution in [-0.4, -0.2) is 37.2 Å². The summed E-state index contributed by atoms with van der Waals surface area (Å²) in [7, 11) is 0. The summed E-state index contributed by atoms with van der Waals surface area (Å²) in [6.07, 6.45) is 59.4. The van der Waals surface area contributed by atoms with Gasteiger partial charge in [-0.25, -0.2) is 0 Å². The molecule has 6 heteroatoms. The summed E-state index contributed by atoms with van der Waals surface area (Å²) in [4.78, 5) is 38.0. The number of unbranched alkanes of at least 4 members (excludes halogenated alkanes) is 28. The van der Waals surface area contributed by atoms with Crippen molar-refractivity contribution in [2.75, 3.05) is 13.2 Å². The molecule has 0 spiro atoms. The van der Waals surface area contributed by atoms with Gasteiger partial charge in [0.2, 0.25) is 0 Å². The lowest BCUT2D eigenvalue weighted by atomic mass is 10.1. The summed E-state index contributed by atoms with van der Waals surface area (Å²) in [6, 6.07) is 0. The van der Waals surface area contributed by atoms with Crippen LogP contribution in [0.5, 0.6) is 0 Å². The molecule has 1 atom stereocenters. The van der Waals surface area contributed by atoms with Gasteiger partial charge in [0.15, 0.2) is 6.10 Å². The van der Waals surface area contributed by atoms with Crippen LogP contribution in [0.15, 0.2) is 48.6 Å². The van der Waals surface area contributed by atoms with Crippen molar-refractivity contribution in [3.8, 4) is 0 Å². The third kappa shape index (κ3) is 48.3. The first-order chi connectivity index (χ1) is 30.0. The second kappa shape index (κ2) is 50.0. The minimum atomic E-state index is -0.782. The van der Waals surface area contributed by atoms with Crippen molar-refractivity contribution >= 4 is 17.9 Å². The monoisotopic (exact) mass is 855 g/mol. The van der Waals surface area contributed by atoms with Crippen LogP contribution in [0.2, 0.25) is 0 Å². The molecule has 0 aliphatic heterocycles. The smallest absolute Gasteiger partial charge is 0.306 e. The van der Waals surface area contributed by atoms with Crippen LogP contribution < -0.4 is 0 Å². The maximum absolute atomic E-state index is 12.8. The van der Waals surface area contributed by atoms with Gasteiger partial charge in [-0.05, 0) is 103 Å². The summed E-state index contributed by atoms with van der Waals surface area (Å²) >= 11 is 0. The molecule has 0 fully saturated rings. The maximum atomic E-state index is 12.8. The molecule has 0 aromatic heterocycles. The van der Waals surface area contributed by atoms with Crippen molar-refractivity contribution in [1.82, 2.24) is 0 Å². The van der Waals surface area contributed by atoms with Gasteiger partial charge in [-0.15, -0.1) is 0 Å². The molecule has 0 amide bonds. The maximum Gasteiger partial charge on any atom is 0.306 e. The molecule has 0 saturated carbocycles. The van der Waals surface area contributed by atoms with Gasteiger partial charge >= 0.3 is 17.9 Å². The molecule has 0 aromatic carbocycles. The molecular weight excluding hydrogens is 757 g/mol. The SMILES string of the molecule is CCCCC/C=C\C/C=C\CCCCCCCCCC(=O)OCC(COC(=O)CCCCCCC/C=C\CCCCCC)OC(=O)CCCCCCC/C=C\CCCCCC. The van der Waals surface area contributed by atoms with E-state index in [4.69, 9.17) is 14.2 Å². The Labute approximate surface area is 378 Å². The lowest BCUT2D eigenvalue weighted by Crippen LogP contribution is -2.30. The Morgan fingerprint density at radius 2 is 0.590 bits per heavy atom. The highest BCUT2D eigenvalue weighted by atomic mass is 16.6. The minimum Gasteiger partial charge on any atom is -0.462 e. The molecule has 0 aliphatic rings. The van der Waals surface area contributed by atoms with Crippen LogP contribution in [0.1, 0.15) is 265 Å². The van der Waals surface area contributed by atoms with Crippen LogP contribution in [0.25, 0.3) is 0 Å². The van der Waals surface area contributed by atoms with Crippen molar-refractivity contribution in [2.45, 2.75) is 271 Å². The number of hydrogen-bond acceptors (Lipinski definition) is 6. The van der Waals surface area contributed by atoms with Gasteiger partial charge < -0.3 is 14.2 Å². The largest absolute Gasteiger partial charge is 0.462 e. The quantitative estimate of drug-likeness (QED) is 0.0263. The molecule has 0 saturated heterocycles. The van der Waals surface area contributed by atoms with Gasteiger partial charge in [-0.1, -0.05) is 191 Å². The van der Waals surface area contributed by atoms with Crippen molar-refractivity contribution in [2.24, 2.45) is 0 Å². The molecule has 0 aromatic rings. The molecule has 0 bridgehead atoms. The van der Waals surface area contributed by atoms with E-state index in [0.29, 0.717) is 19.3 Å². The van der Waals surface area contributed by atoms with Gasteiger partial charge in [0.25, 0.3) is 0 Å². The minimum absolute atomic E-state index is 0.0825. The number of allylic oxidation sites excluding steroid dienone is 8. The standard InChI is InChI=1S/C55H98O6/c1-4-7-10-13-16-19-22-25-26-27-28-31-33-36-39-42-45-48-54(57)60-51-52(61-55(58)49-46-43-40-37-34-30-24-21-18-15-12-9-6-3)50-59-53(56)47-44-41-38-35-32-29-23-20-17-14-11-8-5-2/h16,19-21,23-26,52H,4-15,17-18,22,27-51H2,1-3H3/b19-16-,23-20-,24-21-,26-25-. The van der Waals surface area contributed by atoms with Crippen molar-refractivity contribution < 1.29 is 28.6 Å². The Bertz CT molecular complexity index is 1070. The number of carbonyl (C=O) groups is 3. The number of esters is 3. The van der Waals surface area contributed by atoms with E-state index in [9.17, 15) is 14.4 Å². The second-order valence-electron chi connectivity index (χ2n) is 17.4. The Kier molecular flexibility index (Phi) is 47.9. The van der Waals surface area contributed by atoms with E-state index in [2.05, 4.69) is 69.4 Å². The third-order valence-electron chi connectivity index (χ3n) is 11.3. The van der Waals surface area contributed by atoms with Crippen molar-refractivity contribution in [3.63, 3.8) is 0 Å². The molecule has 61 heavy (non-hydrogen) atoms. The van der Waals surface area contributed by atoms with E-state index in [1.54, 1.807) is 0 Å². The molecule has 0 N–H and O–H groups in total. The molecule has 6 nitrogen and oxygen atoms in total. The normalized spacial score (nSPS) is 12.4. The fraction of sp³-hybridized carbons (Fsp3) is 0.800. The molecule has 1 unspecified atom stereocenters.